The summed E-state index contributed by atoms with van der Waals surface area (Å²) in [6, 6.07) is 23.3. The van der Waals surface area contributed by atoms with Crippen LogP contribution < -0.4 is 16.0 Å². The molecule has 3 N–H and O–H groups in total. The lowest BCUT2D eigenvalue weighted by atomic mass is 10.2. The normalized spacial score (nSPS) is 10.6. The van der Waals surface area contributed by atoms with Gasteiger partial charge >= 0.3 is 6.03 Å². The topological polar surface area (TPSA) is 109 Å². The second-order valence-corrected chi connectivity index (χ2v) is 8.25. The van der Waals surface area contributed by atoms with Gasteiger partial charge in [-0.15, -0.1) is 11.3 Å². The Balaban J connectivity index is 1.33. The standard InChI is InChI=1S/C25H18N6O2S/c32-23(21-22(27-14-13-26-21)24-31-19-11-4-5-12-20(19)34-24)28-17-9-6-10-18(15-17)30-25(33)29-16-7-2-1-3-8-16/h1-15H,(H,28,32)(H2,29,30,33). The highest BCUT2D eigenvalue weighted by atomic mass is 32.1. The number of thiazole rings is 1. The van der Waals surface area contributed by atoms with Gasteiger partial charge in [-0.1, -0.05) is 36.4 Å². The predicted octanol–water partition coefficient (Wildman–Crippen LogP) is 5.65. The number of rotatable bonds is 5. The van der Waals surface area contributed by atoms with Crippen LogP contribution in [0.4, 0.5) is 21.9 Å². The van der Waals surface area contributed by atoms with Crippen LogP contribution >= 0.6 is 11.3 Å². The van der Waals surface area contributed by atoms with Gasteiger partial charge in [0.25, 0.3) is 5.91 Å². The maximum Gasteiger partial charge on any atom is 0.323 e. The minimum absolute atomic E-state index is 0.168. The van der Waals surface area contributed by atoms with E-state index in [0.717, 1.165) is 10.2 Å². The molecule has 0 aliphatic carbocycles. The average molecular weight is 467 g/mol. The third kappa shape index (κ3) is 4.74. The smallest absolute Gasteiger partial charge is 0.321 e. The average Bonchev–Trinajstić information content (AvgIpc) is 3.29. The van der Waals surface area contributed by atoms with Crippen molar-refractivity contribution in [1.82, 2.24) is 15.0 Å². The third-order valence-electron chi connectivity index (χ3n) is 4.82. The first-order valence-electron chi connectivity index (χ1n) is 10.4. The molecule has 5 rings (SSSR count). The number of anilines is 3. The maximum absolute atomic E-state index is 13.1. The molecule has 0 spiro atoms. The molecule has 34 heavy (non-hydrogen) atoms. The fourth-order valence-corrected chi connectivity index (χ4v) is 4.28. The van der Waals surface area contributed by atoms with E-state index in [9.17, 15) is 9.59 Å². The number of nitrogens with zero attached hydrogens (tertiary/aromatic N) is 3. The summed E-state index contributed by atoms with van der Waals surface area (Å²) >= 11 is 1.45. The van der Waals surface area contributed by atoms with Crippen LogP contribution in [0.2, 0.25) is 0 Å². The van der Waals surface area contributed by atoms with E-state index in [1.54, 1.807) is 36.4 Å². The number of amides is 3. The molecule has 0 aliphatic heterocycles. The van der Waals surface area contributed by atoms with Crippen LogP contribution in [0.3, 0.4) is 0 Å². The number of carbonyl (C=O) groups is 2. The Hall–Kier alpha value is -4.63. The monoisotopic (exact) mass is 466 g/mol. The highest BCUT2D eigenvalue weighted by Crippen LogP contribution is 2.30. The van der Waals surface area contributed by atoms with Crippen molar-refractivity contribution < 1.29 is 9.59 Å². The van der Waals surface area contributed by atoms with Crippen molar-refractivity contribution >= 4 is 50.6 Å². The van der Waals surface area contributed by atoms with Gasteiger partial charge < -0.3 is 16.0 Å². The number of urea groups is 1. The summed E-state index contributed by atoms with van der Waals surface area (Å²) < 4.78 is 1.00. The van der Waals surface area contributed by atoms with Crippen molar-refractivity contribution in [2.45, 2.75) is 0 Å². The lowest BCUT2D eigenvalue weighted by Gasteiger charge is -2.10. The maximum atomic E-state index is 13.1. The first-order chi connectivity index (χ1) is 16.7. The Morgan fingerprint density at radius 1 is 0.706 bits per heavy atom. The molecule has 2 heterocycles. The number of para-hydroxylation sites is 2. The van der Waals surface area contributed by atoms with Gasteiger partial charge in [0.1, 0.15) is 10.7 Å². The molecule has 3 amide bonds. The summed E-state index contributed by atoms with van der Waals surface area (Å²) in [5, 5.41) is 8.96. The van der Waals surface area contributed by atoms with Gasteiger partial charge in [-0.2, -0.15) is 0 Å². The first kappa shape index (κ1) is 21.2. The molecule has 2 aromatic heterocycles. The van der Waals surface area contributed by atoms with Gasteiger partial charge in [-0.25, -0.2) is 19.7 Å². The van der Waals surface area contributed by atoms with E-state index in [0.29, 0.717) is 27.8 Å². The Morgan fingerprint density at radius 2 is 1.38 bits per heavy atom. The van der Waals surface area contributed by atoms with Crippen molar-refractivity contribution in [3.63, 3.8) is 0 Å². The quantitative estimate of drug-likeness (QED) is 0.310. The summed E-state index contributed by atoms with van der Waals surface area (Å²) in [4.78, 5) is 38.6. The molecule has 0 aliphatic rings. The van der Waals surface area contributed by atoms with E-state index in [1.807, 2.05) is 42.5 Å². The molecule has 9 heteroatoms. The van der Waals surface area contributed by atoms with Gasteiger partial charge in [-0.05, 0) is 42.5 Å². The highest BCUT2D eigenvalue weighted by molar-refractivity contribution is 7.21. The summed E-state index contributed by atoms with van der Waals surface area (Å²) in [5.41, 5.74) is 3.13. The Labute approximate surface area is 198 Å². The van der Waals surface area contributed by atoms with E-state index in [4.69, 9.17) is 0 Å². The Morgan fingerprint density at radius 3 is 2.21 bits per heavy atom. The number of hydrogen-bond acceptors (Lipinski definition) is 6. The molecule has 3 aromatic carbocycles. The molecule has 8 nitrogen and oxygen atoms in total. The van der Waals surface area contributed by atoms with Crippen LogP contribution in [0, 0.1) is 0 Å². The zero-order valence-corrected chi connectivity index (χ0v) is 18.5. The number of nitrogens with one attached hydrogen (secondary N) is 3. The van der Waals surface area contributed by atoms with Crippen LogP contribution in [0.1, 0.15) is 10.5 Å². The van der Waals surface area contributed by atoms with Crippen LogP contribution in [-0.2, 0) is 0 Å². The number of hydrogen-bond donors (Lipinski definition) is 3. The second kappa shape index (κ2) is 9.47. The number of fused-ring (bicyclic) bond motifs is 1. The molecular formula is C25H18N6O2S. The van der Waals surface area contributed by atoms with Crippen molar-refractivity contribution in [2.75, 3.05) is 16.0 Å². The van der Waals surface area contributed by atoms with Crippen molar-refractivity contribution in [3.8, 4) is 10.7 Å². The summed E-state index contributed by atoms with van der Waals surface area (Å²) in [7, 11) is 0. The zero-order chi connectivity index (χ0) is 23.3. The van der Waals surface area contributed by atoms with E-state index in [-0.39, 0.29) is 11.7 Å². The first-order valence-corrected chi connectivity index (χ1v) is 11.2. The SMILES string of the molecule is O=C(Nc1ccccc1)Nc1cccc(NC(=O)c2nccnc2-c2nc3ccccc3s2)c1. The molecule has 0 radical (unpaired) electrons. The Kier molecular flexibility index (Phi) is 5.91. The molecule has 0 saturated carbocycles. The van der Waals surface area contributed by atoms with Crippen LogP contribution in [0.5, 0.6) is 0 Å². The molecule has 0 saturated heterocycles. The minimum Gasteiger partial charge on any atom is -0.321 e. The van der Waals surface area contributed by atoms with Gasteiger partial charge in [0, 0.05) is 29.5 Å². The lowest BCUT2D eigenvalue weighted by Crippen LogP contribution is -2.19. The molecule has 0 bridgehead atoms. The number of carbonyl (C=O) groups excluding carboxylic acids is 2. The molecular weight excluding hydrogens is 448 g/mol. The molecule has 166 valence electrons. The molecule has 5 aromatic rings. The second-order valence-electron chi connectivity index (χ2n) is 7.22. The summed E-state index contributed by atoms with van der Waals surface area (Å²) in [6.45, 7) is 0. The van der Waals surface area contributed by atoms with Crippen LogP contribution in [0.25, 0.3) is 20.9 Å². The summed E-state index contributed by atoms with van der Waals surface area (Å²) in [6.07, 6.45) is 3.01. The van der Waals surface area contributed by atoms with E-state index in [2.05, 4.69) is 30.9 Å². The number of benzene rings is 3. The molecule has 0 unspecified atom stereocenters. The summed E-state index contributed by atoms with van der Waals surface area (Å²) in [5.74, 6) is -0.423. The van der Waals surface area contributed by atoms with E-state index in [1.165, 1.54) is 23.7 Å². The minimum atomic E-state index is -0.423. The zero-order valence-electron chi connectivity index (χ0n) is 17.7. The van der Waals surface area contributed by atoms with E-state index >= 15 is 0 Å². The fraction of sp³-hybridized carbons (Fsp3) is 0. The molecule has 0 atom stereocenters. The molecule has 0 fully saturated rings. The highest BCUT2D eigenvalue weighted by Gasteiger charge is 2.19. The van der Waals surface area contributed by atoms with Crippen molar-refractivity contribution in [3.05, 3.63) is 97.0 Å². The fourth-order valence-electron chi connectivity index (χ4n) is 3.31. The van der Waals surface area contributed by atoms with Gasteiger partial charge in [0.15, 0.2) is 5.69 Å². The largest absolute Gasteiger partial charge is 0.323 e. The number of aromatic nitrogens is 3. The van der Waals surface area contributed by atoms with E-state index < -0.39 is 5.91 Å². The van der Waals surface area contributed by atoms with Crippen LogP contribution in [0.15, 0.2) is 91.3 Å². The van der Waals surface area contributed by atoms with Gasteiger partial charge in [0.2, 0.25) is 0 Å². The van der Waals surface area contributed by atoms with Crippen molar-refractivity contribution in [2.24, 2.45) is 0 Å². The Bertz CT molecular complexity index is 1450. The van der Waals surface area contributed by atoms with Gasteiger partial charge in [0.05, 0.1) is 10.2 Å². The third-order valence-corrected chi connectivity index (χ3v) is 5.86. The lowest BCUT2D eigenvalue weighted by molar-refractivity contribution is 0.102. The van der Waals surface area contributed by atoms with Crippen molar-refractivity contribution in [1.29, 1.82) is 0 Å². The van der Waals surface area contributed by atoms with Gasteiger partial charge in [-0.3, -0.25) is 4.79 Å². The predicted molar refractivity (Wildman–Crippen MR) is 134 cm³/mol. The van der Waals surface area contributed by atoms with Crippen LogP contribution in [-0.4, -0.2) is 26.9 Å².